The van der Waals surface area contributed by atoms with Crippen molar-refractivity contribution < 1.29 is 19.0 Å². The van der Waals surface area contributed by atoms with Crippen molar-refractivity contribution in [2.75, 3.05) is 26.4 Å². The van der Waals surface area contributed by atoms with E-state index in [2.05, 4.69) is 11.6 Å². The summed E-state index contributed by atoms with van der Waals surface area (Å²) in [7, 11) is 0. The monoisotopic (exact) mass is 275 g/mol. The van der Waals surface area contributed by atoms with Crippen LogP contribution in [0.4, 0.5) is 0 Å². The van der Waals surface area contributed by atoms with Gasteiger partial charge in [-0.25, -0.2) is 9.79 Å². The number of carbonyl (C=O) groups is 1. The summed E-state index contributed by atoms with van der Waals surface area (Å²) < 4.78 is 15.8. The van der Waals surface area contributed by atoms with Gasteiger partial charge in [-0.05, 0) is 31.2 Å². The minimum atomic E-state index is -0.402. The zero-order chi connectivity index (χ0) is 14.4. The molecule has 1 aliphatic heterocycles. The van der Waals surface area contributed by atoms with Gasteiger partial charge in [0.25, 0.3) is 0 Å². The highest BCUT2D eigenvalue weighted by molar-refractivity contribution is 5.95. The van der Waals surface area contributed by atoms with Gasteiger partial charge >= 0.3 is 5.97 Å². The molecule has 1 aromatic carbocycles. The summed E-state index contributed by atoms with van der Waals surface area (Å²) in [5, 5.41) is 0. The van der Waals surface area contributed by atoms with Crippen LogP contribution >= 0.6 is 0 Å². The largest absolute Gasteiger partial charge is 0.490 e. The SMILES string of the molecule is C=C(C)C(=O)OCCOc1ccc(C2=NCCO2)cc1. The molecule has 106 valence electrons. The predicted molar refractivity (Wildman–Crippen MR) is 75.1 cm³/mol. The van der Waals surface area contributed by atoms with Crippen LogP contribution in [0.5, 0.6) is 5.75 Å². The van der Waals surface area contributed by atoms with Gasteiger partial charge in [0.15, 0.2) is 0 Å². The number of benzene rings is 1. The summed E-state index contributed by atoms with van der Waals surface area (Å²) in [5.74, 6) is 0.978. The number of hydrogen-bond acceptors (Lipinski definition) is 5. The van der Waals surface area contributed by atoms with Crippen molar-refractivity contribution in [3.05, 3.63) is 42.0 Å². The molecule has 0 N–H and O–H groups in total. The van der Waals surface area contributed by atoms with Crippen molar-refractivity contribution in [3.8, 4) is 5.75 Å². The maximum Gasteiger partial charge on any atom is 0.333 e. The standard InChI is InChI=1S/C15H17NO4/c1-11(2)15(17)20-10-9-18-13-5-3-12(4-6-13)14-16-7-8-19-14/h3-6H,1,7-10H2,2H3. The molecule has 0 aromatic heterocycles. The van der Waals surface area contributed by atoms with E-state index >= 15 is 0 Å². The van der Waals surface area contributed by atoms with E-state index in [4.69, 9.17) is 14.2 Å². The van der Waals surface area contributed by atoms with E-state index < -0.39 is 5.97 Å². The summed E-state index contributed by atoms with van der Waals surface area (Å²) in [6.07, 6.45) is 0. The second-order valence-corrected chi connectivity index (χ2v) is 4.32. The second kappa shape index (κ2) is 6.75. The molecular formula is C15H17NO4. The molecule has 2 rings (SSSR count). The van der Waals surface area contributed by atoms with Gasteiger partial charge in [0.2, 0.25) is 5.90 Å². The quantitative estimate of drug-likeness (QED) is 0.452. The van der Waals surface area contributed by atoms with Crippen LogP contribution in [0.2, 0.25) is 0 Å². The topological polar surface area (TPSA) is 57.1 Å². The van der Waals surface area contributed by atoms with Gasteiger partial charge in [0, 0.05) is 11.1 Å². The van der Waals surface area contributed by atoms with Crippen molar-refractivity contribution >= 4 is 11.9 Å². The molecular weight excluding hydrogens is 258 g/mol. The summed E-state index contributed by atoms with van der Waals surface area (Å²) in [6, 6.07) is 7.44. The first-order chi connectivity index (χ1) is 9.66. The van der Waals surface area contributed by atoms with Crippen LogP contribution in [0.15, 0.2) is 41.4 Å². The number of esters is 1. The Balaban J connectivity index is 1.76. The Morgan fingerprint density at radius 3 is 2.70 bits per heavy atom. The van der Waals surface area contributed by atoms with Crippen LogP contribution in [0.1, 0.15) is 12.5 Å². The number of aliphatic imine (C=N–C) groups is 1. The van der Waals surface area contributed by atoms with Crippen LogP contribution in [0.3, 0.4) is 0 Å². The lowest BCUT2D eigenvalue weighted by Gasteiger charge is -2.08. The first-order valence-electron chi connectivity index (χ1n) is 6.40. The molecule has 0 spiro atoms. The predicted octanol–water partition coefficient (Wildman–Crippen LogP) is 1.96. The number of nitrogens with zero attached hydrogens (tertiary/aromatic N) is 1. The lowest BCUT2D eigenvalue weighted by atomic mass is 10.2. The number of ether oxygens (including phenoxy) is 3. The maximum atomic E-state index is 11.1. The van der Waals surface area contributed by atoms with Crippen molar-refractivity contribution in [3.63, 3.8) is 0 Å². The van der Waals surface area contributed by atoms with Crippen LogP contribution in [-0.2, 0) is 14.3 Å². The number of rotatable bonds is 6. The minimum Gasteiger partial charge on any atom is -0.490 e. The van der Waals surface area contributed by atoms with E-state index in [9.17, 15) is 4.79 Å². The Bertz CT molecular complexity index is 519. The average Bonchev–Trinajstić information content (AvgIpc) is 2.98. The lowest BCUT2D eigenvalue weighted by molar-refractivity contribution is -0.139. The third-order valence-electron chi connectivity index (χ3n) is 2.62. The van der Waals surface area contributed by atoms with Gasteiger partial charge in [-0.1, -0.05) is 6.58 Å². The molecule has 5 heteroatoms. The molecule has 0 saturated heterocycles. The highest BCUT2D eigenvalue weighted by Crippen LogP contribution is 2.14. The van der Waals surface area contributed by atoms with Gasteiger partial charge in [-0.15, -0.1) is 0 Å². The second-order valence-electron chi connectivity index (χ2n) is 4.32. The van der Waals surface area contributed by atoms with Crippen LogP contribution in [-0.4, -0.2) is 38.2 Å². The van der Waals surface area contributed by atoms with E-state index in [1.165, 1.54) is 0 Å². The smallest absolute Gasteiger partial charge is 0.333 e. The lowest BCUT2D eigenvalue weighted by Crippen LogP contribution is -2.12. The summed E-state index contributed by atoms with van der Waals surface area (Å²) in [4.78, 5) is 15.4. The molecule has 1 heterocycles. The van der Waals surface area contributed by atoms with E-state index in [0.717, 1.165) is 5.56 Å². The van der Waals surface area contributed by atoms with Crippen LogP contribution in [0.25, 0.3) is 0 Å². The zero-order valence-corrected chi connectivity index (χ0v) is 11.4. The molecule has 1 aliphatic rings. The molecule has 0 radical (unpaired) electrons. The number of carbonyl (C=O) groups excluding carboxylic acids is 1. The normalized spacial score (nSPS) is 13.3. The van der Waals surface area contributed by atoms with E-state index in [1.54, 1.807) is 6.92 Å². The van der Waals surface area contributed by atoms with Gasteiger partial charge in [0.1, 0.15) is 25.6 Å². The Kier molecular flexibility index (Phi) is 4.76. The molecule has 20 heavy (non-hydrogen) atoms. The Hall–Kier alpha value is -2.30. The highest BCUT2D eigenvalue weighted by atomic mass is 16.6. The highest BCUT2D eigenvalue weighted by Gasteiger charge is 2.09. The number of hydrogen-bond donors (Lipinski definition) is 0. The van der Waals surface area contributed by atoms with E-state index in [0.29, 0.717) is 37.0 Å². The summed E-state index contributed by atoms with van der Waals surface area (Å²) in [6.45, 7) is 6.96. The molecule has 0 fully saturated rings. The van der Waals surface area contributed by atoms with Gasteiger partial charge < -0.3 is 14.2 Å². The van der Waals surface area contributed by atoms with E-state index in [1.807, 2.05) is 24.3 Å². The molecule has 0 amide bonds. The molecule has 0 atom stereocenters. The van der Waals surface area contributed by atoms with E-state index in [-0.39, 0.29) is 6.61 Å². The fraction of sp³-hybridized carbons (Fsp3) is 0.333. The summed E-state index contributed by atoms with van der Waals surface area (Å²) >= 11 is 0. The van der Waals surface area contributed by atoms with Crippen molar-refractivity contribution in [2.24, 2.45) is 4.99 Å². The summed E-state index contributed by atoms with van der Waals surface area (Å²) in [5.41, 5.74) is 1.32. The van der Waals surface area contributed by atoms with Crippen molar-refractivity contribution in [1.29, 1.82) is 0 Å². The van der Waals surface area contributed by atoms with Crippen LogP contribution < -0.4 is 4.74 Å². The maximum absolute atomic E-state index is 11.1. The third-order valence-corrected chi connectivity index (χ3v) is 2.62. The average molecular weight is 275 g/mol. The van der Waals surface area contributed by atoms with Gasteiger partial charge in [-0.3, -0.25) is 0 Å². The fourth-order valence-corrected chi connectivity index (χ4v) is 1.62. The molecule has 5 nitrogen and oxygen atoms in total. The van der Waals surface area contributed by atoms with Gasteiger partial charge in [-0.2, -0.15) is 0 Å². The minimum absolute atomic E-state index is 0.198. The first kappa shape index (κ1) is 14.1. The zero-order valence-electron chi connectivity index (χ0n) is 11.4. The molecule has 0 unspecified atom stereocenters. The Morgan fingerprint density at radius 1 is 1.35 bits per heavy atom. The fourth-order valence-electron chi connectivity index (χ4n) is 1.62. The third kappa shape index (κ3) is 3.85. The van der Waals surface area contributed by atoms with Crippen molar-refractivity contribution in [2.45, 2.75) is 6.92 Å². The molecule has 0 bridgehead atoms. The molecule has 0 saturated carbocycles. The molecule has 1 aromatic rings. The Morgan fingerprint density at radius 2 is 2.10 bits per heavy atom. The molecule has 0 aliphatic carbocycles. The van der Waals surface area contributed by atoms with Crippen molar-refractivity contribution in [1.82, 2.24) is 0 Å². The first-order valence-corrected chi connectivity index (χ1v) is 6.40. The van der Waals surface area contributed by atoms with Crippen LogP contribution in [0, 0.1) is 0 Å². The van der Waals surface area contributed by atoms with Gasteiger partial charge in [0.05, 0.1) is 6.54 Å². The Labute approximate surface area is 117 Å².